The summed E-state index contributed by atoms with van der Waals surface area (Å²) >= 11 is 0. The Morgan fingerprint density at radius 1 is 1.18 bits per heavy atom. The lowest BCUT2D eigenvalue weighted by atomic mass is 10.1. The van der Waals surface area contributed by atoms with Gasteiger partial charge in [-0.15, -0.1) is 5.10 Å². The number of rotatable bonds is 4. The highest BCUT2D eigenvalue weighted by molar-refractivity contribution is 5.64. The van der Waals surface area contributed by atoms with Crippen molar-refractivity contribution in [1.82, 2.24) is 14.6 Å². The lowest BCUT2D eigenvalue weighted by molar-refractivity contribution is 0.282. The predicted molar refractivity (Wildman–Crippen MR) is 85.8 cm³/mol. The second-order valence-corrected chi connectivity index (χ2v) is 5.80. The summed E-state index contributed by atoms with van der Waals surface area (Å²) in [5.41, 5.74) is 3.75. The molecule has 4 rings (SSSR count). The molecule has 0 saturated heterocycles. The molecular formula is C17H18N4O. The molecule has 22 heavy (non-hydrogen) atoms. The quantitative estimate of drug-likeness (QED) is 0.803. The van der Waals surface area contributed by atoms with Gasteiger partial charge in [0.15, 0.2) is 5.65 Å². The van der Waals surface area contributed by atoms with E-state index in [-0.39, 0.29) is 6.61 Å². The molecule has 5 heteroatoms. The van der Waals surface area contributed by atoms with Crippen molar-refractivity contribution in [2.45, 2.75) is 25.5 Å². The van der Waals surface area contributed by atoms with Crippen LogP contribution in [0.3, 0.4) is 0 Å². The first-order chi connectivity index (χ1) is 10.8. The summed E-state index contributed by atoms with van der Waals surface area (Å²) in [7, 11) is 2.10. The zero-order chi connectivity index (χ0) is 15.1. The van der Waals surface area contributed by atoms with Gasteiger partial charge in [0.1, 0.15) is 5.82 Å². The molecule has 5 nitrogen and oxygen atoms in total. The average molecular weight is 294 g/mol. The number of fused-ring (bicyclic) bond motifs is 1. The number of aliphatic hydroxyl groups is 1. The van der Waals surface area contributed by atoms with Crippen LogP contribution in [0.2, 0.25) is 0 Å². The van der Waals surface area contributed by atoms with Gasteiger partial charge in [-0.1, -0.05) is 24.3 Å². The molecule has 1 fully saturated rings. The number of benzene rings is 1. The average Bonchev–Trinajstić information content (AvgIpc) is 3.33. The monoisotopic (exact) mass is 294 g/mol. The van der Waals surface area contributed by atoms with Gasteiger partial charge in [-0.05, 0) is 30.5 Å². The minimum atomic E-state index is 0.0576. The maximum absolute atomic E-state index is 9.15. The molecule has 1 aliphatic rings. The third-order valence-corrected chi connectivity index (χ3v) is 4.24. The van der Waals surface area contributed by atoms with E-state index < -0.39 is 0 Å². The first kappa shape index (κ1) is 13.3. The van der Waals surface area contributed by atoms with Gasteiger partial charge in [0, 0.05) is 18.7 Å². The van der Waals surface area contributed by atoms with Crippen LogP contribution < -0.4 is 4.90 Å². The molecule has 2 aromatic heterocycles. The number of aliphatic hydroxyl groups excluding tert-OH is 1. The van der Waals surface area contributed by atoms with Gasteiger partial charge in [0.25, 0.3) is 0 Å². The highest BCUT2D eigenvalue weighted by Gasteiger charge is 2.27. The van der Waals surface area contributed by atoms with Crippen LogP contribution in [0.4, 0.5) is 5.82 Å². The van der Waals surface area contributed by atoms with E-state index in [0.29, 0.717) is 6.04 Å². The third-order valence-electron chi connectivity index (χ3n) is 4.24. The number of anilines is 1. The Morgan fingerprint density at radius 3 is 2.64 bits per heavy atom. The Bertz CT molecular complexity index is 805. The Balaban J connectivity index is 1.77. The molecule has 3 aromatic rings. The summed E-state index contributed by atoms with van der Waals surface area (Å²) < 4.78 is 1.89. The standard InChI is InChI=1S/C17H18N4O/c1-20(14-6-7-14)17-9-8-16-18-10-15(21(16)19-17)13-4-2-12(11-22)3-5-13/h2-5,8-10,14,22H,6-7,11H2,1H3. The van der Waals surface area contributed by atoms with Crippen LogP contribution >= 0.6 is 0 Å². The van der Waals surface area contributed by atoms with E-state index in [1.807, 2.05) is 47.1 Å². The third kappa shape index (κ3) is 2.23. The van der Waals surface area contributed by atoms with Crippen molar-refractivity contribution in [1.29, 1.82) is 0 Å². The Kier molecular flexibility index (Phi) is 3.08. The van der Waals surface area contributed by atoms with E-state index in [2.05, 4.69) is 16.9 Å². The Labute approximate surface area is 128 Å². The number of hydrogen-bond acceptors (Lipinski definition) is 4. The van der Waals surface area contributed by atoms with E-state index in [9.17, 15) is 0 Å². The topological polar surface area (TPSA) is 53.7 Å². The summed E-state index contributed by atoms with van der Waals surface area (Å²) in [6, 6.07) is 12.5. The van der Waals surface area contributed by atoms with Gasteiger partial charge >= 0.3 is 0 Å². The minimum Gasteiger partial charge on any atom is -0.392 e. The van der Waals surface area contributed by atoms with E-state index in [1.165, 1.54) is 12.8 Å². The molecule has 0 atom stereocenters. The molecule has 1 aliphatic carbocycles. The molecule has 0 aliphatic heterocycles. The number of aromatic nitrogens is 3. The van der Waals surface area contributed by atoms with E-state index in [1.54, 1.807) is 0 Å². The summed E-state index contributed by atoms with van der Waals surface area (Å²) in [5.74, 6) is 0.973. The van der Waals surface area contributed by atoms with Crippen LogP contribution in [-0.2, 0) is 6.61 Å². The van der Waals surface area contributed by atoms with E-state index >= 15 is 0 Å². The van der Waals surface area contributed by atoms with Gasteiger partial charge in [-0.2, -0.15) is 0 Å². The Morgan fingerprint density at radius 2 is 1.95 bits per heavy atom. The van der Waals surface area contributed by atoms with Crippen molar-refractivity contribution in [3.8, 4) is 11.3 Å². The van der Waals surface area contributed by atoms with Gasteiger partial charge in [0.05, 0.1) is 18.5 Å². The van der Waals surface area contributed by atoms with Crippen molar-refractivity contribution in [3.63, 3.8) is 0 Å². The molecule has 112 valence electrons. The van der Waals surface area contributed by atoms with Crippen LogP contribution in [0.25, 0.3) is 16.9 Å². The number of nitrogens with zero attached hydrogens (tertiary/aromatic N) is 4. The van der Waals surface area contributed by atoms with Gasteiger partial charge in [0.2, 0.25) is 0 Å². The first-order valence-corrected chi connectivity index (χ1v) is 7.54. The van der Waals surface area contributed by atoms with Gasteiger partial charge < -0.3 is 10.0 Å². The minimum absolute atomic E-state index is 0.0576. The molecule has 1 N–H and O–H groups in total. The molecule has 0 spiro atoms. The van der Waals surface area contributed by atoms with Crippen LogP contribution in [0.5, 0.6) is 0 Å². The summed E-state index contributed by atoms with van der Waals surface area (Å²) in [4.78, 5) is 6.67. The zero-order valence-corrected chi connectivity index (χ0v) is 12.5. The predicted octanol–water partition coefficient (Wildman–Crippen LogP) is 2.49. The number of imidazole rings is 1. The molecule has 1 aromatic carbocycles. The summed E-state index contributed by atoms with van der Waals surface area (Å²) in [6.45, 7) is 0.0576. The normalized spacial score (nSPS) is 14.5. The van der Waals surface area contributed by atoms with E-state index in [0.717, 1.165) is 28.3 Å². The number of hydrogen-bond donors (Lipinski definition) is 1. The van der Waals surface area contributed by atoms with Gasteiger partial charge in [-0.3, -0.25) is 0 Å². The highest BCUT2D eigenvalue weighted by atomic mass is 16.3. The maximum Gasteiger partial charge on any atom is 0.154 e. The zero-order valence-electron chi connectivity index (χ0n) is 12.5. The van der Waals surface area contributed by atoms with Crippen molar-refractivity contribution in [3.05, 3.63) is 48.2 Å². The largest absolute Gasteiger partial charge is 0.392 e. The van der Waals surface area contributed by atoms with Crippen molar-refractivity contribution in [2.24, 2.45) is 0 Å². The van der Waals surface area contributed by atoms with E-state index in [4.69, 9.17) is 10.2 Å². The van der Waals surface area contributed by atoms with Crippen molar-refractivity contribution >= 4 is 11.5 Å². The molecule has 0 radical (unpaired) electrons. The van der Waals surface area contributed by atoms with Crippen molar-refractivity contribution < 1.29 is 5.11 Å². The molecule has 0 bridgehead atoms. The molecule has 2 heterocycles. The Hall–Kier alpha value is -2.40. The fourth-order valence-corrected chi connectivity index (χ4v) is 2.68. The van der Waals surface area contributed by atoms with Crippen molar-refractivity contribution in [2.75, 3.05) is 11.9 Å². The fourth-order valence-electron chi connectivity index (χ4n) is 2.68. The van der Waals surface area contributed by atoms with Crippen LogP contribution in [0.1, 0.15) is 18.4 Å². The van der Waals surface area contributed by atoms with Gasteiger partial charge in [-0.25, -0.2) is 9.50 Å². The lowest BCUT2D eigenvalue weighted by Gasteiger charge is -2.17. The molecular weight excluding hydrogens is 276 g/mol. The molecule has 1 saturated carbocycles. The van der Waals surface area contributed by atoms with Crippen LogP contribution in [0.15, 0.2) is 42.6 Å². The second-order valence-electron chi connectivity index (χ2n) is 5.80. The second kappa shape index (κ2) is 5.10. The first-order valence-electron chi connectivity index (χ1n) is 7.54. The summed E-state index contributed by atoms with van der Waals surface area (Å²) in [6.07, 6.45) is 4.34. The summed E-state index contributed by atoms with van der Waals surface area (Å²) in [5, 5.41) is 13.9. The highest BCUT2D eigenvalue weighted by Crippen LogP contribution is 2.29. The SMILES string of the molecule is CN(c1ccc2ncc(-c3ccc(CO)cc3)n2n1)C1CC1. The smallest absolute Gasteiger partial charge is 0.154 e. The molecule has 0 amide bonds. The van der Waals surface area contributed by atoms with Crippen LogP contribution in [0, 0.1) is 0 Å². The molecule has 0 unspecified atom stereocenters. The van der Waals surface area contributed by atoms with Crippen LogP contribution in [-0.4, -0.2) is 32.8 Å². The fraction of sp³-hybridized carbons (Fsp3) is 0.294. The maximum atomic E-state index is 9.15. The lowest BCUT2D eigenvalue weighted by Crippen LogP contribution is -2.21.